The van der Waals surface area contributed by atoms with Crippen molar-refractivity contribution >= 4 is 38.3 Å². The molecule has 6 heteroatoms. The van der Waals surface area contributed by atoms with E-state index in [0.29, 0.717) is 16.4 Å². The topological polar surface area (TPSA) is 52.6 Å². The van der Waals surface area contributed by atoms with Crippen LogP contribution in [0.1, 0.15) is 20.7 Å². The SMILES string of the molecule is O=C(OP(=[Se])(OC(=O)c1ccccc1)c1ccccc1)c1ccccc1. The van der Waals surface area contributed by atoms with Crippen molar-refractivity contribution in [3.05, 3.63) is 102 Å². The number of hydrogen-bond acceptors (Lipinski definition) is 4. The van der Waals surface area contributed by atoms with Gasteiger partial charge in [0.2, 0.25) is 0 Å². The van der Waals surface area contributed by atoms with Gasteiger partial charge in [0.15, 0.2) is 0 Å². The number of rotatable bonds is 5. The Morgan fingerprint density at radius 1 is 0.615 bits per heavy atom. The van der Waals surface area contributed by atoms with Crippen LogP contribution in [0.25, 0.3) is 0 Å². The standard InChI is InChI=1S/C20H15O4PSe/c21-19(16-10-4-1-5-11-16)23-25(26,18-14-8-3-9-15-18)24-20(22)17-12-6-2-7-13-17/h1-15H. The third-order valence-corrected chi connectivity index (χ3v) is 7.51. The van der Waals surface area contributed by atoms with E-state index in [0.717, 1.165) is 0 Å². The molecular formula is C20H15O4PSe. The van der Waals surface area contributed by atoms with Gasteiger partial charge in [-0.1, -0.05) is 0 Å². The molecule has 4 nitrogen and oxygen atoms in total. The Morgan fingerprint density at radius 2 is 0.962 bits per heavy atom. The van der Waals surface area contributed by atoms with Gasteiger partial charge in [-0.2, -0.15) is 0 Å². The first-order valence-electron chi connectivity index (χ1n) is 7.82. The molecule has 0 atom stereocenters. The zero-order chi connectivity index (χ0) is 18.4. The molecule has 0 heterocycles. The van der Waals surface area contributed by atoms with Crippen LogP contribution in [0.2, 0.25) is 0 Å². The van der Waals surface area contributed by atoms with Gasteiger partial charge in [-0.15, -0.1) is 0 Å². The van der Waals surface area contributed by atoms with Crippen molar-refractivity contribution in [1.82, 2.24) is 0 Å². The molecule has 0 radical (unpaired) electrons. The van der Waals surface area contributed by atoms with Crippen molar-refractivity contribution in [2.24, 2.45) is 0 Å². The summed E-state index contributed by atoms with van der Waals surface area (Å²) in [6, 6.07) is 26.2. The van der Waals surface area contributed by atoms with Crippen molar-refractivity contribution in [1.29, 1.82) is 0 Å². The van der Waals surface area contributed by atoms with Crippen LogP contribution >= 0.6 is 5.96 Å². The molecule has 0 N–H and O–H groups in total. The van der Waals surface area contributed by atoms with Crippen LogP contribution in [0.5, 0.6) is 0 Å². The van der Waals surface area contributed by atoms with E-state index in [9.17, 15) is 9.59 Å². The monoisotopic (exact) mass is 430 g/mol. The maximum absolute atomic E-state index is 12.5. The maximum atomic E-state index is 12.5. The van der Waals surface area contributed by atoms with Gasteiger partial charge in [-0.3, -0.25) is 0 Å². The number of hydrogen-bond donors (Lipinski definition) is 0. The Bertz CT molecular complexity index is 886. The van der Waals surface area contributed by atoms with Crippen molar-refractivity contribution in [3.63, 3.8) is 0 Å². The first kappa shape index (κ1) is 18.3. The Hall–Kier alpha value is -2.45. The van der Waals surface area contributed by atoms with Gasteiger partial charge in [0.1, 0.15) is 0 Å². The average molecular weight is 429 g/mol. The van der Waals surface area contributed by atoms with Crippen LogP contribution in [0.3, 0.4) is 0 Å². The van der Waals surface area contributed by atoms with Gasteiger partial charge in [0.25, 0.3) is 0 Å². The fraction of sp³-hybridized carbons (Fsp3) is 0. The van der Waals surface area contributed by atoms with Crippen molar-refractivity contribution in [2.75, 3.05) is 0 Å². The van der Waals surface area contributed by atoms with Crippen LogP contribution in [0, 0.1) is 0 Å². The molecule has 0 bridgehead atoms. The Morgan fingerprint density at radius 3 is 1.35 bits per heavy atom. The Balaban J connectivity index is 1.91. The number of carbonyl (C=O) groups is 2. The normalized spacial score (nSPS) is 10.8. The van der Waals surface area contributed by atoms with Crippen molar-refractivity contribution in [2.45, 2.75) is 0 Å². The molecular weight excluding hydrogens is 414 g/mol. The number of carbonyl (C=O) groups excluding carboxylic acids is 2. The summed E-state index contributed by atoms with van der Waals surface area (Å²) in [5.74, 6) is -4.20. The first-order chi connectivity index (χ1) is 12.6. The molecule has 0 amide bonds. The van der Waals surface area contributed by atoms with Crippen LogP contribution < -0.4 is 5.30 Å². The predicted octanol–water partition coefficient (Wildman–Crippen LogP) is 3.96. The molecule has 0 aliphatic carbocycles. The summed E-state index contributed by atoms with van der Waals surface area (Å²) >= 11 is 2.83. The molecule has 0 aliphatic rings. The zero-order valence-electron chi connectivity index (χ0n) is 13.6. The van der Waals surface area contributed by atoms with E-state index in [-0.39, 0.29) is 0 Å². The first-order valence-corrected chi connectivity index (χ1v) is 11.7. The van der Waals surface area contributed by atoms with Crippen molar-refractivity contribution < 1.29 is 18.6 Å². The Labute approximate surface area is 159 Å². The Kier molecular flexibility index (Phi) is 5.85. The van der Waals surface area contributed by atoms with Gasteiger partial charge < -0.3 is 0 Å². The summed E-state index contributed by atoms with van der Waals surface area (Å²) in [6.07, 6.45) is 0. The second-order valence-electron chi connectivity index (χ2n) is 5.32. The molecule has 0 fully saturated rings. The summed E-state index contributed by atoms with van der Waals surface area (Å²) in [4.78, 5) is 25.1. The summed E-state index contributed by atoms with van der Waals surface area (Å²) in [7, 11) is 0. The van der Waals surface area contributed by atoms with E-state index in [4.69, 9.17) is 9.05 Å². The molecule has 0 unspecified atom stereocenters. The molecule has 0 spiro atoms. The fourth-order valence-corrected chi connectivity index (χ4v) is 5.26. The quantitative estimate of drug-likeness (QED) is 0.455. The van der Waals surface area contributed by atoms with E-state index < -0.39 is 17.9 Å². The molecule has 26 heavy (non-hydrogen) atoms. The third kappa shape index (κ3) is 4.39. The zero-order valence-corrected chi connectivity index (χ0v) is 16.3. The van der Waals surface area contributed by atoms with E-state index >= 15 is 0 Å². The van der Waals surface area contributed by atoms with Gasteiger partial charge in [-0.05, 0) is 0 Å². The molecule has 3 rings (SSSR count). The second-order valence-corrected chi connectivity index (χ2v) is 10.2. The van der Waals surface area contributed by atoms with Crippen LogP contribution in [0.4, 0.5) is 0 Å². The van der Waals surface area contributed by atoms with Crippen molar-refractivity contribution in [3.8, 4) is 0 Å². The van der Waals surface area contributed by atoms with Gasteiger partial charge in [-0.25, -0.2) is 0 Å². The minimum atomic E-state index is -3.09. The molecule has 0 saturated carbocycles. The molecule has 0 saturated heterocycles. The van der Waals surface area contributed by atoms with Gasteiger partial charge >= 0.3 is 159 Å². The predicted molar refractivity (Wildman–Crippen MR) is 102 cm³/mol. The average Bonchev–Trinajstić information content (AvgIpc) is 2.70. The van der Waals surface area contributed by atoms with Gasteiger partial charge in [0.05, 0.1) is 0 Å². The molecule has 0 aromatic heterocycles. The van der Waals surface area contributed by atoms with E-state index in [1.54, 1.807) is 72.8 Å². The molecule has 3 aromatic carbocycles. The van der Waals surface area contributed by atoms with Crippen LogP contribution in [-0.2, 0) is 9.05 Å². The second kappa shape index (κ2) is 8.29. The molecule has 3 aromatic rings. The third-order valence-electron chi connectivity index (χ3n) is 3.50. The summed E-state index contributed by atoms with van der Waals surface area (Å²) < 4.78 is 11.4. The van der Waals surface area contributed by atoms with E-state index in [1.165, 1.54) is 0 Å². The summed E-state index contributed by atoms with van der Waals surface area (Å²) in [5.41, 5.74) is 0.776. The van der Waals surface area contributed by atoms with Gasteiger partial charge in [0, 0.05) is 0 Å². The summed E-state index contributed by atoms with van der Waals surface area (Å²) in [5, 5.41) is 0.619. The fourth-order valence-electron chi connectivity index (χ4n) is 2.21. The van der Waals surface area contributed by atoms with Crippen LogP contribution in [0.15, 0.2) is 91.0 Å². The summed E-state index contributed by atoms with van der Waals surface area (Å²) in [6.45, 7) is 0. The molecule has 130 valence electrons. The van der Waals surface area contributed by atoms with E-state index in [1.807, 2.05) is 18.2 Å². The van der Waals surface area contributed by atoms with E-state index in [2.05, 4.69) is 15.1 Å². The number of benzene rings is 3. The molecule has 0 aliphatic heterocycles. The van der Waals surface area contributed by atoms with Crippen LogP contribution in [-0.4, -0.2) is 27.0 Å². The minimum absolute atomic E-state index is 0.388.